The number of non-ortho nitro benzene ring substituents is 1. The van der Waals surface area contributed by atoms with Crippen molar-refractivity contribution in [3.63, 3.8) is 0 Å². The number of Topliss-reactive ketones (excluding diaryl/α,β-unsaturated/α-hetero) is 1. The summed E-state index contributed by atoms with van der Waals surface area (Å²) in [5.74, 6) is -0.104. The van der Waals surface area contributed by atoms with Crippen molar-refractivity contribution in [1.82, 2.24) is 4.90 Å². The number of nitro groups is 1. The van der Waals surface area contributed by atoms with Crippen LogP contribution >= 0.6 is 0 Å². The molecular weight excluding hydrogens is 234 g/mol. The van der Waals surface area contributed by atoms with Crippen molar-refractivity contribution in [2.45, 2.75) is 12.5 Å². The van der Waals surface area contributed by atoms with E-state index in [4.69, 9.17) is 5.73 Å². The molecule has 0 amide bonds. The van der Waals surface area contributed by atoms with E-state index in [0.717, 1.165) is 13.0 Å². The summed E-state index contributed by atoms with van der Waals surface area (Å²) < 4.78 is 0. The molecule has 96 valence electrons. The number of rotatable bonds is 4. The van der Waals surface area contributed by atoms with Crippen molar-refractivity contribution >= 4 is 11.5 Å². The van der Waals surface area contributed by atoms with Gasteiger partial charge in [0.25, 0.3) is 5.69 Å². The topological polar surface area (TPSA) is 89.5 Å². The van der Waals surface area contributed by atoms with Crippen LogP contribution in [0.3, 0.4) is 0 Å². The lowest BCUT2D eigenvalue weighted by Crippen LogP contribution is -2.31. The second kappa shape index (κ2) is 5.24. The summed E-state index contributed by atoms with van der Waals surface area (Å²) in [5, 5.41) is 10.6. The highest BCUT2D eigenvalue weighted by Gasteiger charge is 2.22. The van der Waals surface area contributed by atoms with E-state index < -0.39 is 4.92 Å². The molecule has 2 rings (SSSR count). The Labute approximate surface area is 105 Å². The van der Waals surface area contributed by atoms with Gasteiger partial charge in [-0.2, -0.15) is 0 Å². The SMILES string of the molecule is NC1CCN(CC(=O)c2cccc([N+](=O)[O-])c2)C1. The van der Waals surface area contributed by atoms with Gasteiger partial charge in [-0.25, -0.2) is 0 Å². The number of nitro benzene ring substituents is 1. The Kier molecular flexibility index (Phi) is 3.69. The Morgan fingerprint density at radius 1 is 1.56 bits per heavy atom. The lowest BCUT2D eigenvalue weighted by molar-refractivity contribution is -0.384. The van der Waals surface area contributed by atoms with Crippen LogP contribution in [0.15, 0.2) is 24.3 Å². The first kappa shape index (κ1) is 12.7. The molecule has 1 aromatic carbocycles. The number of likely N-dealkylation sites (tertiary alicyclic amines) is 1. The molecule has 0 aromatic heterocycles. The summed E-state index contributed by atoms with van der Waals surface area (Å²) in [6, 6.07) is 5.95. The molecule has 1 fully saturated rings. The van der Waals surface area contributed by atoms with Crippen molar-refractivity contribution in [2.24, 2.45) is 5.73 Å². The number of hydrogen-bond acceptors (Lipinski definition) is 5. The van der Waals surface area contributed by atoms with Gasteiger partial charge in [0, 0.05) is 36.8 Å². The Bertz CT molecular complexity index is 475. The van der Waals surface area contributed by atoms with Crippen LogP contribution < -0.4 is 5.73 Å². The summed E-state index contributed by atoms with van der Waals surface area (Å²) in [5.41, 5.74) is 6.08. The predicted octanol–water partition coefficient (Wildman–Crippen LogP) is 0.810. The summed E-state index contributed by atoms with van der Waals surface area (Å²) >= 11 is 0. The Morgan fingerprint density at radius 3 is 2.94 bits per heavy atom. The highest BCUT2D eigenvalue weighted by atomic mass is 16.6. The zero-order chi connectivity index (χ0) is 13.1. The fraction of sp³-hybridized carbons (Fsp3) is 0.417. The van der Waals surface area contributed by atoms with Crippen molar-refractivity contribution in [3.05, 3.63) is 39.9 Å². The van der Waals surface area contributed by atoms with E-state index in [-0.39, 0.29) is 24.1 Å². The molecule has 0 saturated carbocycles. The normalized spacial score (nSPS) is 19.9. The maximum absolute atomic E-state index is 12.0. The van der Waals surface area contributed by atoms with Crippen molar-refractivity contribution < 1.29 is 9.72 Å². The first-order chi connectivity index (χ1) is 8.56. The lowest BCUT2D eigenvalue weighted by Gasteiger charge is -2.13. The quantitative estimate of drug-likeness (QED) is 0.484. The van der Waals surface area contributed by atoms with E-state index in [1.165, 1.54) is 18.2 Å². The molecule has 1 aromatic rings. The van der Waals surface area contributed by atoms with Crippen LogP contribution in [0.2, 0.25) is 0 Å². The van der Waals surface area contributed by atoms with Gasteiger partial charge in [-0.05, 0) is 6.42 Å². The van der Waals surface area contributed by atoms with Crippen molar-refractivity contribution in [1.29, 1.82) is 0 Å². The first-order valence-corrected chi connectivity index (χ1v) is 5.82. The molecule has 0 radical (unpaired) electrons. The van der Waals surface area contributed by atoms with Gasteiger partial charge in [0.2, 0.25) is 0 Å². The van der Waals surface area contributed by atoms with Gasteiger partial charge in [0.1, 0.15) is 0 Å². The van der Waals surface area contributed by atoms with Gasteiger partial charge in [-0.3, -0.25) is 19.8 Å². The summed E-state index contributed by atoms with van der Waals surface area (Å²) in [6.07, 6.45) is 0.891. The molecular formula is C12H15N3O3. The second-order valence-electron chi connectivity index (χ2n) is 4.51. The van der Waals surface area contributed by atoms with Gasteiger partial charge in [-0.1, -0.05) is 12.1 Å². The summed E-state index contributed by atoms with van der Waals surface area (Å²) in [7, 11) is 0. The molecule has 1 atom stereocenters. The molecule has 1 heterocycles. The lowest BCUT2D eigenvalue weighted by atomic mass is 10.1. The average Bonchev–Trinajstić information content (AvgIpc) is 2.75. The smallest absolute Gasteiger partial charge is 0.270 e. The van der Waals surface area contributed by atoms with Gasteiger partial charge in [0.05, 0.1) is 11.5 Å². The van der Waals surface area contributed by atoms with Crippen LogP contribution in [-0.4, -0.2) is 41.3 Å². The van der Waals surface area contributed by atoms with E-state index in [9.17, 15) is 14.9 Å². The predicted molar refractivity (Wildman–Crippen MR) is 66.5 cm³/mol. The Balaban J connectivity index is 2.04. The molecule has 18 heavy (non-hydrogen) atoms. The zero-order valence-corrected chi connectivity index (χ0v) is 9.91. The van der Waals surface area contributed by atoms with Crippen LogP contribution in [-0.2, 0) is 0 Å². The number of nitrogens with zero attached hydrogens (tertiary/aromatic N) is 2. The van der Waals surface area contributed by atoms with Crippen LogP contribution in [0.4, 0.5) is 5.69 Å². The number of ketones is 1. The van der Waals surface area contributed by atoms with Crippen LogP contribution in [0.25, 0.3) is 0 Å². The number of carbonyl (C=O) groups excluding carboxylic acids is 1. The summed E-state index contributed by atoms with van der Waals surface area (Å²) in [4.78, 5) is 24.1. The van der Waals surface area contributed by atoms with E-state index in [0.29, 0.717) is 12.1 Å². The molecule has 6 nitrogen and oxygen atoms in total. The van der Waals surface area contributed by atoms with Gasteiger partial charge < -0.3 is 5.73 Å². The van der Waals surface area contributed by atoms with Crippen LogP contribution in [0.1, 0.15) is 16.8 Å². The monoisotopic (exact) mass is 249 g/mol. The fourth-order valence-electron chi connectivity index (χ4n) is 2.09. The highest BCUT2D eigenvalue weighted by Crippen LogP contribution is 2.15. The summed E-state index contributed by atoms with van der Waals surface area (Å²) in [6.45, 7) is 1.79. The third-order valence-electron chi connectivity index (χ3n) is 3.05. The molecule has 1 saturated heterocycles. The Morgan fingerprint density at radius 2 is 2.33 bits per heavy atom. The minimum absolute atomic E-state index is 0.0565. The molecule has 0 bridgehead atoms. The van der Waals surface area contributed by atoms with E-state index >= 15 is 0 Å². The molecule has 0 spiro atoms. The van der Waals surface area contributed by atoms with Crippen molar-refractivity contribution in [3.8, 4) is 0 Å². The van der Waals surface area contributed by atoms with Gasteiger partial charge in [0.15, 0.2) is 5.78 Å². The maximum Gasteiger partial charge on any atom is 0.270 e. The number of nitrogens with two attached hydrogens (primary N) is 1. The van der Waals surface area contributed by atoms with E-state index in [1.807, 2.05) is 4.90 Å². The molecule has 1 aliphatic heterocycles. The minimum atomic E-state index is -0.497. The molecule has 2 N–H and O–H groups in total. The van der Waals surface area contributed by atoms with E-state index in [1.54, 1.807) is 6.07 Å². The largest absolute Gasteiger partial charge is 0.326 e. The third-order valence-corrected chi connectivity index (χ3v) is 3.05. The number of carbonyl (C=O) groups is 1. The minimum Gasteiger partial charge on any atom is -0.326 e. The zero-order valence-electron chi connectivity index (χ0n) is 9.91. The molecule has 6 heteroatoms. The third kappa shape index (κ3) is 2.91. The number of hydrogen-bond donors (Lipinski definition) is 1. The van der Waals surface area contributed by atoms with Crippen molar-refractivity contribution in [2.75, 3.05) is 19.6 Å². The molecule has 1 unspecified atom stereocenters. The van der Waals surface area contributed by atoms with Crippen LogP contribution in [0.5, 0.6) is 0 Å². The highest BCUT2D eigenvalue weighted by molar-refractivity contribution is 5.98. The molecule has 1 aliphatic rings. The second-order valence-corrected chi connectivity index (χ2v) is 4.51. The first-order valence-electron chi connectivity index (χ1n) is 5.82. The average molecular weight is 249 g/mol. The van der Waals surface area contributed by atoms with Gasteiger partial charge in [-0.15, -0.1) is 0 Å². The Hall–Kier alpha value is -1.79. The standard InChI is InChI=1S/C12H15N3O3/c13-10-4-5-14(7-10)8-12(16)9-2-1-3-11(6-9)15(17)18/h1-3,6,10H,4-5,7-8,13H2. The van der Waals surface area contributed by atoms with Gasteiger partial charge >= 0.3 is 0 Å². The molecule has 0 aliphatic carbocycles. The van der Waals surface area contributed by atoms with E-state index in [2.05, 4.69) is 0 Å². The van der Waals surface area contributed by atoms with Crippen LogP contribution in [0, 0.1) is 10.1 Å². The number of benzene rings is 1. The fourth-order valence-corrected chi connectivity index (χ4v) is 2.09. The maximum atomic E-state index is 12.0.